The molecule has 0 N–H and O–H groups in total. The van der Waals surface area contributed by atoms with Crippen molar-refractivity contribution in [2.75, 3.05) is 12.5 Å². The molecule has 5 rings (SSSR count). The largest absolute Gasteiger partial charge is 0.493 e. The molecule has 0 bridgehead atoms. The first kappa shape index (κ1) is 20.2. The summed E-state index contributed by atoms with van der Waals surface area (Å²) < 4.78 is 7.90. The highest BCUT2D eigenvalue weighted by molar-refractivity contribution is 7.19. The van der Waals surface area contributed by atoms with Gasteiger partial charge >= 0.3 is 0 Å². The second-order valence-corrected chi connectivity index (χ2v) is 8.95. The second-order valence-electron chi connectivity index (χ2n) is 7.22. The molecule has 1 aliphatic rings. The van der Waals surface area contributed by atoms with Crippen LogP contribution in [0.2, 0.25) is 5.02 Å². The summed E-state index contributed by atoms with van der Waals surface area (Å²) in [6, 6.07) is 15.7. The minimum Gasteiger partial charge on any atom is -0.493 e. The van der Waals surface area contributed by atoms with Gasteiger partial charge in [-0.25, -0.2) is 0 Å². The summed E-state index contributed by atoms with van der Waals surface area (Å²) >= 11 is 13.7. The van der Waals surface area contributed by atoms with E-state index in [0.29, 0.717) is 18.1 Å². The van der Waals surface area contributed by atoms with Crippen LogP contribution in [0.4, 0.5) is 0 Å². The molecule has 4 aromatic rings. The third-order valence-electron chi connectivity index (χ3n) is 5.16. The van der Waals surface area contributed by atoms with E-state index in [9.17, 15) is 4.79 Å². The summed E-state index contributed by atoms with van der Waals surface area (Å²) in [6.07, 6.45) is 2.78. The number of nitrogens with zero attached hydrogens (tertiary/aromatic N) is 3. The number of fused-ring (bicyclic) bond motifs is 3. The van der Waals surface area contributed by atoms with Crippen molar-refractivity contribution >= 4 is 40.3 Å². The van der Waals surface area contributed by atoms with Crippen LogP contribution in [0.5, 0.6) is 5.75 Å². The fourth-order valence-corrected chi connectivity index (χ4v) is 5.25. The van der Waals surface area contributed by atoms with E-state index >= 15 is 0 Å². The van der Waals surface area contributed by atoms with Gasteiger partial charge in [-0.05, 0) is 41.5 Å². The molecule has 0 radical (unpaired) electrons. The van der Waals surface area contributed by atoms with E-state index in [1.54, 1.807) is 17.7 Å². The molecular weight excluding hydrogens is 453 g/mol. The Morgan fingerprint density at radius 3 is 2.90 bits per heavy atom. The first-order valence-electron chi connectivity index (χ1n) is 9.76. The number of ether oxygens (including phenoxy) is 1. The minimum absolute atomic E-state index is 0.00625. The summed E-state index contributed by atoms with van der Waals surface area (Å²) in [4.78, 5) is 13.9. The van der Waals surface area contributed by atoms with Gasteiger partial charge in [0.2, 0.25) is 0 Å². The van der Waals surface area contributed by atoms with E-state index in [2.05, 4.69) is 16.3 Å². The maximum atomic E-state index is 11.7. The van der Waals surface area contributed by atoms with Crippen molar-refractivity contribution < 1.29 is 9.53 Å². The molecule has 0 spiro atoms. The number of hydrogen-bond donors (Lipinski definition) is 0. The Hall–Kier alpha value is -2.67. The van der Waals surface area contributed by atoms with Crippen molar-refractivity contribution in [1.82, 2.24) is 14.8 Å². The lowest BCUT2D eigenvalue weighted by atomic mass is 10.0. The summed E-state index contributed by atoms with van der Waals surface area (Å²) in [5.74, 6) is 1.55. The summed E-state index contributed by atoms with van der Waals surface area (Å²) in [5.41, 5.74) is 3.97. The van der Waals surface area contributed by atoms with Crippen LogP contribution in [0, 0.1) is 0 Å². The van der Waals surface area contributed by atoms with Gasteiger partial charge in [-0.1, -0.05) is 29.8 Å². The molecular formula is C23H17Cl2N3O2S. The van der Waals surface area contributed by atoms with Crippen LogP contribution in [0.25, 0.3) is 26.8 Å². The van der Waals surface area contributed by atoms with Crippen molar-refractivity contribution in [2.45, 2.75) is 12.8 Å². The molecule has 0 saturated heterocycles. The van der Waals surface area contributed by atoms with Gasteiger partial charge in [0.25, 0.3) is 0 Å². The number of para-hydroxylation sites is 1. The average Bonchev–Trinajstić information content (AvgIpc) is 3.38. The Labute approximate surface area is 193 Å². The molecule has 0 atom stereocenters. The number of carbonyl (C=O) groups is 1. The minimum atomic E-state index is -0.00625. The fourth-order valence-electron chi connectivity index (χ4n) is 3.71. The van der Waals surface area contributed by atoms with E-state index in [-0.39, 0.29) is 11.7 Å². The second kappa shape index (κ2) is 8.46. The molecule has 1 aliphatic heterocycles. The lowest BCUT2D eigenvalue weighted by Gasteiger charge is -2.10. The molecule has 8 heteroatoms. The van der Waals surface area contributed by atoms with Gasteiger partial charge in [0.1, 0.15) is 12.1 Å². The van der Waals surface area contributed by atoms with Crippen molar-refractivity contribution in [3.8, 4) is 32.6 Å². The predicted octanol–water partition coefficient (Wildman–Crippen LogP) is 5.60. The van der Waals surface area contributed by atoms with Crippen molar-refractivity contribution in [1.29, 1.82) is 0 Å². The molecule has 5 nitrogen and oxygen atoms in total. The van der Waals surface area contributed by atoms with Crippen LogP contribution in [-0.2, 0) is 17.6 Å². The van der Waals surface area contributed by atoms with Gasteiger partial charge in [0.05, 0.1) is 28.1 Å². The number of benzene rings is 2. The maximum Gasteiger partial charge on any atom is 0.178 e. The molecule has 3 heterocycles. The SMILES string of the molecule is O=C(CCl)Cc1ccc2c(c1)OCCc1cc(-c3nncn3-c3ccccc3Cl)sc1-2. The number of hydrogen-bond acceptors (Lipinski definition) is 5. The Morgan fingerprint density at radius 2 is 2.06 bits per heavy atom. The molecule has 0 unspecified atom stereocenters. The highest BCUT2D eigenvalue weighted by Crippen LogP contribution is 2.44. The van der Waals surface area contributed by atoms with Gasteiger partial charge in [-0.15, -0.1) is 33.1 Å². The zero-order chi connectivity index (χ0) is 21.4. The van der Waals surface area contributed by atoms with E-state index in [1.807, 2.05) is 47.0 Å². The van der Waals surface area contributed by atoms with Crippen LogP contribution in [0.15, 0.2) is 54.9 Å². The maximum absolute atomic E-state index is 11.7. The van der Waals surface area contributed by atoms with Crippen LogP contribution >= 0.6 is 34.5 Å². The molecule has 0 fully saturated rings. The third-order valence-corrected chi connectivity index (χ3v) is 6.98. The zero-order valence-electron chi connectivity index (χ0n) is 16.3. The van der Waals surface area contributed by atoms with Crippen LogP contribution in [0.3, 0.4) is 0 Å². The number of ketones is 1. The number of Topliss-reactive ketones (excluding diaryl/α,β-unsaturated/α-hetero) is 1. The van der Waals surface area contributed by atoms with E-state index < -0.39 is 0 Å². The Bertz CT molecular complexity index is 1280. The topological polar surface area (TPSA) is 57.0 Å². The molecule has 2 aromatic carbocycles. The third kappa shape index (κ3) is 3.87. The number of carbonyl (C=O) groups excluding carboxylic acids is 1. The molecule has 0 aliphatic carbocycles. The van der Waals surface area contributed by atoms with E-state index in [4.69, 9.17) is 27.9 Å². The first-order valence-corrected chi connectivity index (χ1v) is 11.5. The molecule has 31 heavy (non-hydrogen) atoms. The average molecular weight is 470 g/mol. The summed E-state index contributed by atoms with van der Waals surface area (Å²) in [5, 5.41) is 9.13. The zero-order valence-corrected chi connectivity index (χ0v) is 18.7. The first-order chi connectivity index (χ1) is 15.1. The van der Waals surface area contributed by atoms with E-state index in [1.165, 1.54) is 5.56 Å². The molecule has 156 valence electrons. The Morgan fingerprint density at radius 1 is 1.19 bits per heavy atom. The van der Waals surface area contributed by atoms with Gasteiger partial charge in [0, 0.05) is 23.3 Å². The lowest BCUT2D eigenvalue weighted by molar-refractivity contribution is -0.116. The number of thiophene rings is 1. The normalized spacial score (nSPS) is 12.6. The van der Waals surface area contributed by atoms with Gasteiger partial charge in [0.15, 0.2) is 11.6 Å². The Balaban J connectivity index is 1.56. The molecule has 0 saturated carbocycles. The molecule has 2 aromatic heterocycles. The smallest absolute Gasteiger partial charge is 0.178 e. The quantitative estimate of drug-likeness (QED) is 0.356. The Kier molecular flexibility index (Phi) is 5.52. The fraction of sp³-hybridized carbons (Fsp3) is 0.174. The highest BCUT2D eigenvalue weighted by Gasteiger charge is 2.22. The number of halogens is 2. The van der Waals surface area contributed by atoms with Crippen LogP contribution in [-0.4, -0.2) is 33.0 Å². The highest BCUT2D eigenvalue weighted by atomic mass is 35.5. The predicted molar refractivity (Wildman–Crippen MR) is 124 cm³/mol. The lowest BCUT2D eigenvalue weighted by Crippen LogP contribution is -2.04. The number of alkyl halides is 1. The van der Waals surface area contributed by atoms with Crippen molar-refractivity contribution in [2.24, 2.45) is 0 Å². The monoisotopic (exact) mass is 469 g/mol. The summed E-state index contributed by atoms with van der Waals surface area (Å²) in [7, 11) is 0. The number of rotatable bonds is 5. The van der Waals surface area contributed by atoms with Crippen molar-refractivity contribution in [3.05, 3.63) is 71.0 Å². The van der Waals surface area contributed by atoms with Crippen molar-refractivity contribution in [3.63, 3.8) is 0 Å². The van der Waals surface area contributed by atoms with E-state index in [0.717, 1.165) is 44.6 Å². The van der Waals surface area contributed by atoms with Gasteiger partial charge in [-0.3, -0.25) is 9.36 Å². The number of aromatic nitrogens is 3. The van der Waals surface area contributed by atoms with Gasteiger partial charge < -0.3 is 4.74 Å². The van der Waals surface area contributed by atoms with Crippen LogP contribution in [0.1, 0.15) is 11.1 Å². The van der Waals surface area contributed by atoms with Gasteiger partial charge in [-0.2, -0.15) is 0 Å². The standard InChI is InChI=1S/C23H17Cl2N3O2S/c24-12-16(29)9-14-5-6-17-20(10-14)30-8-7-15-11-21(31-22(15)17)23-27-26-13-28(23)19-4-2-1-3-18(19)25/h1-6,10-11,13H,7-9,12H2. The summed E-state index contributed by atoms with van der Waals surface area (Å²) in [6.45, 7) is 0.570. The molecule has 0 amide bonds. The van der Waals surface area contributed by atoms with Crippen LogP contribution < -0.4 is 4.74 Å².